The molecule has 0 radical (unpaired) electrons. The molecule has 2 unspecified atom stereocenters. The first-order chi connectivity index (χ1) is 11.8. The van der Waals surface area contributed by atoms with Crippen molar-refractivity contribution >= 4 is 0 Å². The standard InChI is InChI=1S/C22H44O2/c1-4-7-10-12-13-14-16-19-22(18-15-11-8-5-2)23-20-21(24-22)17-9-6-3/h21H,4-20H2,1-3H3. The van der Waals surface area contributed by atoms with Gasteiger partial charge < -0.3 is 9.47 Å². The van der Waals surface area contributed by atoms with Gasteiger partial charge in [0.25, 0.3) is 0 Å². The average molecular weight is 341 g/mol. The zero-order valence-corrected chi connectivity index (χ0v) is 16.9. The molecule has 0 aromatic heterocycles. The summed E-state index contributed by atoms with van der Waals surface area (Å²) in [4.78, 5) is 0. The molecule has 2 atom stereocenters. The highest BCUT2D eigenvalue weighted by atomic mass is 16.7. The third-order valence-corrected chi connectivity index (χ3v) is 5.37. The van der Waals surface area contributed by atoms with Crippen molar-refractivity contribution in [2.24, 2.45) is 0 Å². The maximum Gasteiger partial charge on any atom is 0.168 e. The van der Waals surface area contributed by atoms with Gasteiger partial charge >= 0.3 is 0 Å². The smallest absolute Gasteiger partial charge is 0.168 e. The van der Waals surface area contributed by atoms with Gasteiger partial charge in [-0.05, 0) is 19.3 Å². The molecule has 1 heterocycles. The van der Waals surface area contributed by atoms with Crippen molar-refractivity contribution in [3.63, 3.8) is 0 Å². The van der Waals surface area contributed by atoms with E-state index in [1.807, 2.05) is 0 Å². The van der Waals surface area contributed by atoms with Crippen LogP contribution in [-0.4, -0.2) is 18.5 Å². The van der Waals surface area contributed by atoms with Crippen molar-refractivity contribution in [3.8, 4) is 0 Å². The minimum atomic E-state index is -0.241. The van der Waals surface area contributed by atoms with E-state index in [-0.39, 0.29) is 5.79 Å². The van der Waals surface area contributed by atoms with Gasteiger partial charge in [-0.1, -0.05) is 91.4 Å². The summed E-state index contributed by atoms with van der Waals surface area (Å²) >= 11 is 0. The average Bonchev–Trinajstić information content (AvgIpc) is 3.00. The van der Waals surface area contributed by atoms with E-state index in [2.05, 4.69) is 20.8 Å². The molecular weight excluding hydrogens is 296 g/mol. The number of hydrogen-bond acceptors (Lipinski definition) is 2. The fourth-order valence-electron chi connectivity index (χ4n) is 3.75. The fraction of sp³-hybridized carbons (Fsp3) is 1.00. The zero-order valence-electron chi connectivity index (χ0n) is 16.9. The Morgan fingerprint density at radius 1 is 0.667 bits per heavy atom. The summed E-state index contributed by atoms with van der Waals surface area (Å²) in [6.07, 6.45) is 21.0. The molecule has 0 saturated carbocycles. The van der Waals surface area contributed by atoms with Gasteiger partial charge in [-0.25, -0.2) is 0 Å². The summed E-state index contributed by atoms with van der Waals surface area (Å²) in [6.45, 7) is 7.64. The summed E-state index contributed by atoms with van der Waals surface area (Å²) < 4.78 is 12.7. The molecule has 0 bridgehead atoms. The second-order valence-corrected chi connectivity index (χ2v) is 7.79. The summed E-state index contributed by atoms with van der Waals surface area (Å²) in [6, 6.07) is 0. The van der Waals surface area contributed by atoms with Crippen LogP contribution in [0.15, 0.2) is 0 Å². The first-order valence-corrected chi connectivity index (χ1v) is 11.1. The van der Waals surface area contributed by atoms with Crippen molar-refractivity contribution in [1.29, 1.82) is 0 Å². The van der Waals surface area contributed by atoms with E-state index in [4.69, 9.17) is 9.47 Å². The lowest BCUT2D eigenvalue weighted by Gasteiger charge is -2.28. The Morgan fingerprint density at radius 2 is 1.17 bits per heavy atom. The Morgan fingerprint density at radius 3 is 1.75 bits per heavy atom. The van der Waals surface area contributed by atoms with Crippen LogP contribution >= 0.6 is 0 Å². The quantitative estimate of drug-likeness (QED) is 0.272. The maximum absolute atomic E-state index is 6.45. The summed E-state index contributed by atoms with van der Waals surface area (Å²) in [7, 11) is 0. The molecule has 0 amide bonds. The first-order valence-electron chi connectivity index (χ1n) is 11.1. The van der Waals surface area contributed by atoms with Crippen molar-refractivity contribution in [2.75, 3.05) is 6.61 Å². The summed E-state index contributed by atoms with van der Waals surface area (Å²) in [5.74, 6) is -0.241. The molecule has 1 rings (SSSR count). The van der Waals surface area contributed by atoms with Crippen LogP contribution in [0.1, 0.15) is 124 Å². The number of unbranched alkanes of at least 4 members (excludes halogenated alkanes) is 10. The highest BCUT2D eigenvalue weighted by molar-refractivity contribution is 4.79. The van der Waals surface area contributed by atoms with Crippen LogP contribution < -0.4 is 0 Å². The lowest BCUT2D eigenvalue weighted by Crippen LogP contribution is -2.31. The molecule has 2 nitrogen and oxygen atoms in total. The number of ether oxygens (including phenoxy) is 2. The zero-order chi connectivity index (χ0) is 17.5. The minimum Gasteiger partial charge on any atom is -0.347 e. The Bertz CT molecular complexity index is 279. The monoisotopic (exact) mass is 340 g/mol. The highest BCUT2D eigenvalue weighted by Gasteiger charge is 2.39. The van der Waals surface area contributed by atoms with E-state index in [1.54, 1.807) is 0 Å². The molecule has 0 N–H and O–H groups in total. The van der Waals surface area contributed by atoms with Gasteiger partial charge in [0.05, 0.1) is 12.7 Å². The third kappa shape index (κ3) is 9.42. The van der Waals surface area contributed by atoms with Crippen molar-refractivity contribution in [1.82, 2.24) is 0 Å². The van der Waals surface area contributed by atoms with Crippen LogP contribution in [0.25, 0.3) is 0 Å². The Labute approximate surface area is 152 Å². The predicted molar refractivity (Wildman–Crippen MR) is 104 cm³/mol. The molecule has 0 aromatic rings. The molecule has 144 valence electrons. The topological polar surface area (TPSA) is 18.5 Å². The molecule has 0 aliphatic carbocycles. The van der Waals surface area contributed by atoms with Gasteiger partial charge in [-0.3, -0.25) is 0 Å². The van der Waals surface area contributed by atoms with Gasteiger partial charge in [0.1, 0.15) is 0 Å². The van der Waals surface area contributed by atoms with Gasteiger partial charge in [-0.15, -0.1) is 0 Å². The van der Waals surface area contributed by atoms with E-state index in [9.17, 15) is 0 Å². The van der Waals surface area contributed by atoms with E-state index in [1.165, 1.54) is 89.9 Å². The molecule has 0 spiro atoms. The molecular formula is C22H44O2. The van der Waals surface area contributed by atoms with Crippen molar-refractivity contribution in [3.05, 3.63) is 0 Å². The molecule has 1 fully saturated rings. The first kappa shape index (κ1) is 22.0. The van der Waals surface area contributed by atoms with E-state index < -0.39 is 0 Å². The van der Waals surface area contributed by atoms with Crippen LogP contribution in [0, 0.1) is 0 Å². The Hall–Kier alpha value is -0.0800. The summed E-state index contributed by atoms with van der Waals surface area (Å²) in [5.41, 5.74) is 0. The van der Waals surface area contributed by atoms with Gasteiger partial charge in [-0.2, -0.15) is 0 Å². The molecule has 0 aromatic carbocycles. The second-order valence-electron chi connectivity index (χ2n) is 7.79. The van der Waals surface area contributed by atoms with Crippen LogP contribution in [0.2, 0.25) is 0 Å². The van der Waals surface area contributed by atoms with Gasteiger partial charge in [0.2, 0.25) is 0 Å². The lowest BCUT2D eigenvalue weighted by molar-refractivity contribution is -0.180. The fourth-order valence-corrected chi connectivity index (χ4v) is 3.75. The molecule has 1 aliphatic heterocycles. The molecule has 24 heavy (non-hydrogen) atoms. The highest BCUT2D eigenvalue weighted by Crippen LogP contribution is 2.36. The second kappa shape index (κ2) is 14.1. The molecule has 1 saturated heterocycles. The number of hydrogen-bond donors (Lipinski definition) is 0. The van der Waals surface area contributed by atoms with Crippen molar-refractivity contribution < 1.29 is 9.47 Å². The molecule has 2 heteroatoms. The van der Waals surface area contributed by atoms with E-state index in [0.717, 1.165) is 19.4 Å². The van der Waals surface area contributed by atoms with Crippen LogP contribution in [0.5, 0.6) is 0 Å². The lowest BCUT2D eigenvalue weighted by atomic mass is 9.99. The summed E-state index contributed by atoms with van der Waals surface area (Å²) in [5, 5.41) is 0. The van der Waals surface area contributed by atoms with Gasteiger partial charge in [0.15, 0.2) is 5.79 Å². The third-order valence-electron chi connectivity index (χ3n) is 5.37. The van der Waals surface area contributed by atoms with Gasteiger partial charge in [0, 0.05) is 12.8 Å². The van der Waals surface area contributed by atoms with E-state index >= 15 is 0 Å². The van der Waals surface area contributed by atoms with Crippen LogP contribution in [-0.2, 0) is 9.47 Å². The van der Waals surface area contributed by atoms with Crippen molar-refractivity contribution in [2.45, 2.75) is 135 Å². The Balaban J connectivity index is 2.30. The maximum atomic E-state index is 6.45. The largest absolute Gasteiger partial charge is 0.347 e. The predicted octanol–water partition coefficient (Wildman–Crippen LogP) is 7.40. The van der Waals surface area contributed by atoms with Crippen LogP contribution in [0.3, 0.4) is 0 Å². The normalized spacial score (nSPS) is 23.9. The SMILES string of the molecule is CCCCCCCCCC1(CCCCCC)OCC(CCCC)O1. The van der Waals surface area contributed by atoms with E-state index in [0.29, 0.717) is 6.10 Å². The number of rotatable bonds is 16. The Kier molecular flexibility index (Phi) is 12.9. The molecule has 1 aliphatic rings. The van der Waals surface area contributed by atoms with Crippen LogP contribution in [0.4, 0.5) is 0 Å². The minimum absolute atomic E-state index is 0.241.